The molecule has 1 aromatic rings. The van der Waals surface area contributed by atoms with E-state index in [4.69, 9.17) is 4.42 Å². The van der Waals surface area contributed by atoms with Crippen LogP contribution in [0.25, 0.3) is 0 Å². The van der Waals surface area contributed by atoms with Gasteiger partial charge in [0.25, 0.3) is 0 Å². The van der Waals surface area contributed by atoms with Gasteiger partial charge in [0.15, 0.2) is 0 Å². The maximum atomic E-state index is 5.36. The molecule has 0 bridgehead atoms. The van der Waals surface area contributed by atoms with E-state index in [1.54, 1.807) is 6.26 Å². The van der Waals surface area contributed by atoms with Gasteiger partial charge in [-0.25, -0.2) is 0 Å². The van der Waals surface area contributed by atoms with Crippen LogP contribution in [-0.2, 0) is 6.42 Å². The Hall–Kier alpha value is -0.760. The highest BCUT2D eigenvalue weighted by Gasteiger charge is 2.49. The molecule has 72 valence electrons. The van der Waals surface area contributed by atoms with Gasteiger partial charge in [0.05, 0.1) is 6.26 Å². The first-order chi connectivity index (χ1) is 6.24. The first-order valence-electron chi connectivity index (χ1n) is 4.91. The van der Waals surface area contributed by atoms with Crippen LogP contribution in [0.15, 0.2) is 22.8 Å². The Labute approximate surface area is 79.3 Å². The van der Waals surface area contributed by atoms with Gasteiger partial charge in [-0.3, -0.25) is 0 Å². The Morgan fingerprint density at radius 1 is 1.69 bits per heavy atom. The Bertz CT molecular complexity index is 268. The molecule has 2 nitrogen and oxygen atoms in total. The predicted octanol–water partition coefficient (Wildman–Crippen LogP) is 2.07. The van der Waals surface area contributed by atoms with Crippen molar-refractivity contribution in [2.24, 2.45) is 11.3 Å². The fourth-order valence-electron chi connectivity index (χ4n) is 2.10. The topological polar surface area (TPSA) is 25.2 Å². The number of furan rings is 1. The van der Waals surface area contributed by atoms with E-state index in [1.165, 1.54) is 6.42 Å². The van der Waals surface area contributed by atoms with E-state index in [-0.39, 0.29) is 0 Å². The lowest BCUT2D eigenvalue weighted by molar-refractivity contribution is 0.417. The molecule has 0 aliphatic heterocycles. The van der Waals surface area contributed by atoms with E-state index in [9.17, 15) is 0 Å². The normalized spacial score (nSPS) is 32.0. The molecule has 1 aliphatic rings. The van der Waals surface area contributed by atoms with E-state index >= 15 is 0 Å². The summed E-state index contributed by atoms with van der Waals surface area (Å²) in [5.41, 5.74) is 0.487. The minimum absolute atomic E-state index is 0.487. The highest BCUT2D eigenvalue weighted by molar-refractivity contribution is 5.09. The maximum absolute atomic E-state index is 5.36. The Balaban J connectivity index is 1.90. The van der Waals surface area contributed by atoms with Crippen molar-refractivity contribution in [3.05, 3.63) is 24.2 Å². The van der Waals surface area contributed by atoms with Gasteiger partial charge in [0.1, 0.15) is 5.76 Å². The molecule has 1 N–H and O–H groups in total. The van der Waals surface area contributed by atoms with Crippen molar-refractivity contribution in [2.45, 2.75) is 19.8 Å². The second kappa shape index (κ2) is 3.18. The lowest BCUT2D eigenvalue weighted by Gasteiger charge is -2.08. The molecular formula is C11H17NO. The summed E-state index contributed by atoms with van der Waals surface area (Å²) in [4.78, 5) is 0. The van der Waals surface area contributed by atoms with Gasteiger partial charge < -0.3 is 9.73 Å². The Morgan fingerprint density at radius 2 is 2.54 bits per heavy atom. The minimum atomic E-state index is 0.487. The molecule has 13 heavy (non-hydrogen) atoms. The van der Waals surface area contributed by atoms with E-state index in [0.29, 0.717) is 5.41 Å². The van der Waals surface area contributed by atoms with Gasteiger partial charge in [-0.15, -0.1) is 0 Å². The molecule has 0 radical (unpaired) electrons. The molecule has 0 aromatic carbocycles. The second-order valence-electron chi connectivity index (χ2n) is 4.37. The van der Waals surface area contributed by atoms with E-state index in [1.807, 2.05) is 13.1 Å². The second-order valence-corrected chi connectivity index (χ2v) is 4.37. The van der Waals surface area contributed by atoms with Crippen LogP contribution < -0.4 is 5.32 Å². The minimum Gasteiger partial charge on any atom is -0.469 e. The maximum Gasteiger partial charge on any atom is 0.104 e. The fourth-order valence-corrected chi connectivity index (χ4v) is 2.10. The zero-order chi connectivity index (χ0) is 9.31. The molecular weight excluding hydrogens is 162 g/mol. The van der Waals surface area contributed by atoms with E-state index in [0.717, 1.165) is 24.6 Å². The number of hydrogen-bond acceptors (Lipinski definition) is 2. The van der Waals surface area contributed by atoms with Crippen molar-refractivity contribution >= 4 is 0 Å². The summed E-state index contributed by atoms with van der Waals surface area (Å²) in [7, 11) is 2.02. The fraction of sp³-hybridized carbons (Fsp3) is 0.636. The third kappa shape index (κ3) is 1.78. The quantitative estimate of drug-likeness (QED) is 0.765. The van der Waals surface area contributed by atoms with Gasteiger partial charge in [-0.2, -0.15) is 0 Å². The van der Waals surface area contributed by atoms with E-state index in [2.05, 4.69) is 18.3 Å². The predicted molar refractivity (Wildman–Crippen MR) is 52.6 cm³/mol. The van der Waals surface area contributed by atoms with Crippen molar-refractivity contribution in [1.82, 2.24) is 5.32 Å². The molecule has 2 unspecified atom stereocenters. The summed E-state index contributed by atoms with van der Waals surface area (Å²) >= 11 is 0. The molecule has 2 rings (SSSR count). The monoisotopic (exact) mass is 179 g/mol. The van der Waals surface area contributed by atoms with Crippen molar-refractivity contribution in [3.8, 4) is 0 Å². The average Bonchev–Trinajstić information content (AvgIpc) is 2.52. The van der Waals surface area contributed by atoms with Crippen LogP contribution in [0.4, 0.5) is 0 Å². The molecule has 1 aliphatic carbocycles. The summed E-state index contributed by atoms with van der Waals surface area (Å²) in [5, 5.41) is 3.23. The molecule has 1 fully saturated rings. The molecule has 0 spiro atoms. The number of nitrogens with one attached hydrogen (secondary N) is 1. The molecule has 2 heteroatoms. The van der Waals surface area contributed by atoms with Crippen molar-refractivity contribution in [1.29, 1.82) is 0 Å². The lowest BCUT2D eigenvalue weighted by Crippen LogP contribution is -2.14. The number of hydrogen-bond donors (Lipinski definition) is 1. The molecule has 2 atom stereocenters. The first-order valence-corrected chi connectivity index (χ1v) is 4.91. The van der Waals surface area contributed by atoms with Gasteiger partial charge in [-0.05, 0) is 43.5 Å². The molecule has 1 saturated carbocycles. The first kappa shape index (κ1) is 8.82. The highest BCUT2D eigenvalue weighted by Crippen LogP contribution is 2.53. The van der Waals surface area contributed by atoms with Crippen LogP contribution in [-0.4, -0.2) is 13.6 Å². The van der Waals surface area contributed by atoms with Crippen LogP contribution >= 0.6 is 0 Å². The van der Waals surface area contributed by atoms with Crippen molar-refractivity contribution < 1.29 is 4.42 Å². The van der Waals surface area contributed by atoms with Gasteiger partial charge >= 0.3 is 0 Å². The molecule has 1 heterocycles. The summed E-state index contributed by atoms with van der Waals surface area (Å²) in [6.45, 7) is 3.48. The lowest BCUT2D eigenvalue weighted by atomic mass is 10.0. The van der Waals surface area contributed by atoms with Crippen molar-refractivity contribution in [3.63, 3.8) is 0 Å². The molecule has 0 saturated heterocycles. The summed E-state index contributed by atoms with van der Waals surface area (Å²) in [6, 6.07) is 4.04. The molecule has 0 amide bonds. The van der Waals surface area contributed by atoms with Crippen LogP contribution in [0, 0.1) is 11.3 Å². The summed E-state index contributed by atoms with van der Waals surface area (Å²) < 4.78 is 5.36. The van der Waals surface area contributed by atoms with Crippen LogP contribution in [0.2, 0.25) is 0 Å². The van der Waals surface area contributed by atoms with Gasteiger partial charge in [-0.1, -0.05) is 6.92 Å². The zero-order valence-electron chi connectivity index (χ0n) is 8.34. The zero-order valence-corrected chi connectivity index (χ0v) is 8.34. The average molecular weight is 179 g/mol. The SMILES string of the molecule is CNCC1CC1(C)Cc1ccco1. The van der Waals surface area contributed by atoms with Gasteiger partial charge in [0, 0.05) is 6.42 Å². The molecule has 1 aromatic heterocycles. The largest absolute Gasteiger partial charge is 0.469 e. The Kier molecular flexibility index (Phi) is 2.16. The third-order valence-corrected chi connectivity index (χ3v) is 3.15. The smallest absolute Gasteiger partial charge is 0.104 e. The van der Waals surface area contributed by atoms with Crippen LogP contribution in [0.1, 0.15) is 19.1 Å². The van der Waals surface area contributed by atoms with Crippen LogP contribution in [0.5, 0.6) is 0 Å². The summed E-state index contributed by atoms with van der Waals surface area (Å²) in [5.74, 6) is 1.96. The summed E-state index contributed by atoms with van der Waals surface area (Å²) in [6.07, 6.45) is 4.18. The van der Waals surface area contributed by atoms with Crippen molar-refractivity contribution in [2.75, 3.05) is 13.6 Å². The standard InChI is InChI=1S/C11H17NO/c1-11(6-9(11)8-12-2)7-10-4-3-5-13-10/h3-5,9,12H,6-8H2,1-2H3. The van der Waals surface area contributed by atoms with Crippen LogP contribution in [0.3, 0.4) is 0 Å². The van der Waals surface area contributed by atoms with Gasteiger partial charge in [0.2, 0.25) is 0 Å². The Morgan fingerprint density at radius 3 is 3.15 bits per heavy atom. The third-order valence-electron chi connectivity index (χ3n) is 3.15. The van der Waals surface area contributed by atoms with E-state index < -0.39 is 0 Å². The highest BCUT2D eigenvalue weighted by atomic mass is 16.3. The number of rotatable bonds is 4.